The van der Waals surface area contributed by atoms with Gasteiger partial charge in [-0.1, -0.05) is 146 Å². The smallest absolute Gasteiger partial charge is 0.235 e. The molecule has 0 atom stereocenters. The zero-order valence-electron chi connectivity index (χ0n) is 26.8. The van der Waals surface area contributed by atoms with Gasteiger partial charge in [0.05, 0.1) is 22.2 Å². The Morgan fingerprint density at radius 1 is 0.380 bits per heavy atom. The van der Waals surface area contributed by atoms with Crippen LogP contribution in [-0.4, -0.2) is 14.5 Å². The van der Waals surface area contributed by atoms with Crippen LogP contribution in [0.15, 0.2) is 164 Å². The van der Waals surface area contributed by atoms with Crippen molar-refractivity contribution in [2.45, 2.75) is 0 Å². The first-order valence-electron chi connectivity index (χ1n) is 16.9. The molecule has 0 unspecified atom stereocenters. The lowest BCUT2D eigenvalue weighted by Gasteiger charge is -2.15. The van der Waals surface area contributed by atoms with Gasteiger partial charge < -0.3 is 0 Å². The molecule has 0 bridgehead atoms. The van der Waals surface area contributed by atoms with E-state index < -0.39 is 0 Å². The van der Waals surface area contributed by atoms with Gasteiger partial charge in [0, 0.05) is 52.8 Å². The molecular weight excluding hydrogens is 627 g/mol. The Morgan fingerprint density at radius 2 is 0.980 bits per heavy atom. The number of hydrogen-bond donors (Lipinski definition) is 0. The fraction of sp³-hybridized carbons (Fsp3) is 0. The summed E-state index contributed by atoms with van der Waals surface area (Å²) in [5.74, 6) is 0.665. The molecule has 0 aliphatic heterocycles. The molecule has 3 heterocycles. The maximum atomic E-state index is 5.49. The third-order valence-corrected chi connectivity index (χ3v) is 11.3. The molecule has 11 rings (SSSR count). The van der Waals surface area contributed by atoms with E-state index in [9.17, 15) is 0 Å². The molecule has 0 aliphatic carbocycles. The highest BCUT2D eigenvalue weighted by Gasteiger charge is 2.24. The summed E-state index contributed by atoms with van der Waals surface area (Å²) in [6.07, 6.45) is 0. The van der Waals surface area contributed by atoms with Gasteiger partial charge in [0.25, 0.3) is 0 Å². The molecule has 3 nitrogen and oxygen atoms in total. The lowest BCUT2D eigenvalue weighted by molar-refractivity contribution is 1.02. The second-order valence-electron chi connectivity index (χ2n) is 12.9. The Morgan fingerprint density at radius 3 is 1.82 bits per heavy atom. The minimum absolute atomic E-state index is 0.665. The maximum Gasteiger partial charge on any atom is 0.235 e. The van der Waals surface area contributed by atoms with E-state index in [2.05, 4.69) is 168 Å². The van der Waals surface area contributed by atoms with Gasteiger partial charge in [0.1, 0.15) is 0 Å². The van der Waals surface area contributed by atoms with Crippen molar-refractivity contribution in [1.82, 2.24) is 14.5 Å². The third kappa shape index (κ3) is 3.85. The fourth-order valence-corrected chi connectivity index (χ4v) is 9.25. The van der Waals surface area contributed by atoms with Crippen molar-refractivity contribution in [1.29, 1.82) is 0 Å². The van der Waals surface area contributed by atoms with Crippen LogP contribution >= 0.6 is 11.3 Å². The predicted molar refractivity (Wildman–Crippen MR) is 213 cm³/mol. The van der Waals surface area contributed by atoms with E-state index in [4.69, 9.17) is 9.97 Å². The van der Waals surface area contributed by atoms with Crippen LogP contribution in [0.25, 0.3) is 103 Å². The molecule has 0 N–H and O–H groups in total. The predicted octanol–water partition coefficient (Wildman–Crippen LogP) is 12.7. The van der Waals surface area contributed by atoms with E-state index in [0.717, 1.165) is 33.2 Å². The standard InChI is InChI=1S/C46H27N3S/c1-2-14-28(15-3-1)43-35-20-8-10-25-38(35)47-46(48-43)49-44-34(32-22-13-27-40-41(32)36-21-9-11-26-39(36)50-40)23-12-24-37(44)42-31-18-6-4-16-29(31)30-17-5-7-19-33(30)45(42)49/h1-27H. The molecule has 0 fully saturated rings. The highest BCUT2D eigenvalue weighted by molar-refractivity contribution is 7.25. The maximum absolute atomic E-state index is 5.49. The molecule has 232 valence electrons. The first kappa shape index (κ1) is 27.6. The number of fused-ring (bicyclic) bond motifs is 12. The van der Waals surface area contributed by atoms with Gasteiger partial charge in [-0.25, -0.2) is 9.97 Å². The molecule has 3 aromatic heterocycles. The number of aromatic nitrogens is 3. The molecule has 0 radical (unpaired) electrons. The van der Waals surface area contributed by atoms with Crippen molar-refractivity contribution in [3.8, 4) is 28.3 Å². The number of para-hydroxylation sites is 2. The topological polar surface area (TPSA) is 30.7 Å². The Hall–Kier alpha value is -6.36. The van der Waals surface area contributed by atoms with Crippen LogP contribution in [0.3, 0.4) is 0 Å². The van der Waals surface area contributed by atoms with Crippen LogP contribution in [0.5, 0.6) is 0 Å². The molecule has 4 heteroatoms. The van der Waals surface area contributed by atoms with E-state index in [-0.39, 0.29) is 0 Å². The Balaban J connectivity index is 1.39. The summed E-state index contributed by atoms with van der Waals surface area (Å²) in [6, 6.07) is 58.7. The molecule has 8 aromatic carbocycles. The molecule has 0 saturated heterocycles. The highest BCUT2D eigenvalue weighted by atomic mass is 32.1. The summed E-state index contributed by atoms with van der Waals surface area (Å²) >= 11 is 1.85. The summed E-state index contributed by atoms with van der Waals surface area (Å²) < 4.78 is 4.94. The number of hydrogen-bond acceptors (Lipinski definition) is 3. The number of benzene rings is 8. The Kier molecular flexibility index (Phi) is 5.83. The van der Waals surface area contributed by atoms with Gasteiger partial charge in [-0.2, -0.15) is 0 Å². The third-order valence-electron chi connectivity index (χ3n) is 10.2. The summed E-state index contributed by atoms with van der Waals surface area (Å²) in [4.78, 5) is 10.9. The van der Waals surface area contributed by atoms with Gasteiger partial charge in [-0.05, 0) is 39.9 Å². The quantitative estimate of drug-likeness (QED) is 0.178. The number of thiophene rings is 1. The minimum atomic E-state index is 0.665. The van der Waals surface area contributed by atoms with Crippen molar-refractivity contribution in [3.05, 3.63) is 164 Å². The zero-order chi connectivity index (χ0) is 32.8. The summed E-state index contributed by atoms with van der Waals surface area (Å²) in [6.45, 7) is 0. The van der Waals surface area contributed by atoms with Gasteiger partial charge in [0.2, 0.25) is 5.95 Å². The van der Waals surface area contributed by atoms with Gasteiger partial charge in [-0.15, -0.1) is 11.3 Å². The molecular formula is C46H27N3S. The number of nitrogens with zero attached hydrogens (tertiary/aromatic N) is 3. The first-order valence-corrected chi connectivity index (χ1v) is 17.7. The second kappa shape index (κ2) is 10.6. The summed E-state index contributed by atoms with van der Waals surface area (Å²) in [7, 11) is 0. The van der Waals surface area contributed by atoms with Crippen molar-refractivity contribution in [2.24, 2.45) is 0 Å². The van der Waals surface area contributed by atoms with Crippen LogP contribution in [0.2, 0.25) is 0 Å². The van der Waals surface area contributed by atoms with E-state index in [0.29, 0.717) is 5.95 Å². The monoisotopic (exact) mass is 653 g/mol. The second-order valence-corrected chi connectivity index (χ2v) is 14.0. The average Bonchev–Trinajstić information content (AvgIpc) is 3.75. The van der Waals surface area contributed by atoms with Crippen LogP contribution < -0.4 is 0 Å². The van der Waals surface area contributed by atoms with Crippen LogP contribution in [0, 0.1) is 0 Å². The van der Waals surface area contributed by atoms with Crippen molar-refractivity contribution < 1.29 is 0 Å². The molecule has 0 saturated carbocycles. The van der Waals surface area contributed by atoms with E-state index in [1.165, 1.54) is 63.6 Å². The largest absolute Gasteiger partial charge is 0.277 e. The van der Waals surface area contributed by atoms with Crippen molar-refractivity contribution >= 4 is 85.8 Å². The Labute approximate surface area is 291 Å². The normalized spacial score (nSPS) is 12.0. The minimum Gasteiger partial charge on any atom is -0.277 e. The van der Waals surface area contributed by atoms with E-state index in [1.54, 1.807) is 0 Å². The fourth-order valence-electron chi connectivity index (χ4n) is 8.12. The molecule has 0 amide bonds. The van der Waals surface area contributed by atoms with Gasteiger partial charge in [-0.3, -0.25) is 4.57 Å². The molecule has 0 aliphatic rings. The lowest BCUT2D eigenvalue weighted by Crippen LogP contribution is -2.04. The summed E-state index contributed by atoms with van der Waals surface area (Å²) in [5, 5.41) is 10.9. The van der Waals surface area contributed by atoms with Crippen LogP contribution in [-0.2, 0) is 0 Å². The molecule has 11 aromatic rings. The zero-order valence-corrected chi connectivity index (χ0v) is 27.7. The van der Waals surface area contributed by atoms with E-state index in [1.807, 2.05) is 11.3 Å². The van der Waals surface area contributed by atoms with Crippen LogP contribution in [0.1, 0.15) is 0 Å². The SMILES string of the molecule is c1ccc(-c2nc(-n3c4c(-c5cccc6sc7ccccc7c56)cccc4c4c5ccccc5c5ccccc5c43)nc3ccccc23)cc1. The van der Waals surface area contributed by atoms with Crippen molar-refractivity contribution in [3.63, 3.8) is 0 Å². The van der Waals surface area contributed by atoms with Crippen molar-refractivity contribution in [2.75, 3.05) is 0 Å². The highest BCUT2D eigenvalue weighted by Crippen LogP contribution is 2.47. The van der Waals surface area contributed by atoms with Crippen LogP contribution in [0.4, 0.5) is 0 Å². The Bertz CT molecular complexity index is 3150. The van der Waals surface area contributed by atoms with E-state index >= 15 is 0 Å². The molecule has 0 spiro atoms. The van der Waals surface area contributed by atoms with Gasteiger partial charge >= 0.3 is 0 Å². The average molecular weight is 654 g/mol. The number of rotatable bonds is 3. The van der Waals surface area contributed by atoms with Gasteiger partial charge in [0.15, 0.2) is 0 Å². The lowest BCUT2D eigenvalue weighted by atomic mass is 9.95. The summed E-state index contributed by atoms with van der Waals surface area (Å²) in [5.41, 5.74) is 7.53. The molecule has 50 heavy (non-hydrogen) atoms. The first-order chi connectivity index (χ1) is 24.8.